The van der Waals surface area contributed by atoms with Crippen LogP contribution in [-0.4, -0.2) is 23.9 Å². The van der Waals surface area contributed by atoms with Crippen LogP contribution in [0.1, 0.15) is 0 Å². The fraction of sp³-hybridized carbons (Fsp3) is 0.0222. The zero-order valence-electron chi connectivity index (χ0n) is 27.9. The van der Waals surface area contributed by atoms with E-state index in [1.807, 2.05) is 24.3 Å². The third kappa shape index (κ3) is 5.98. The van der Waals surface area contributed by atoms with E-state index in [9.17, 15) is 19.2 Å². The SMILES string of the molecule is O=C(Oc1cccc2ccccc12)C(C(=O)Oc1cccc2ccccc12)(C(=O)Oc1cccc2ccccc12)C(=O)Oc1cccc2ccccc12. The Kier molecular flexibility index (Phi) is 8.54. The van der Waals surface area contributed by atoms with Gasteiger partial charge in [-0.2, -0.15) is 0 Å². The van der Waals surface area contributed by atoms with Crippen LogP contribution in [0.4, 0.5) is 0 Å². The van der Waals surface area contributed by atoms with Crippen LogP contribution >= 0.6 is 0 Å². The number of hydrogen-bond acceptors (Lipinski definition) is 8. The molecular weight excluding hydrogens is 668 g/mol. The van der Waals surface area contributed by atoms with E-state index in [0.29, 0.717) is 43.1 Å². The summed E-state index contributed by atoms with van der Waals surface area (Å²) < 4.78 is 23.6. The Morgan fingerprint density at radius 1 is 0.283 bits per heavy atom. The molecule has 0 aliphatic rings. The lowest BCUT2D eigenvalue weighted by molar-refractivity contribution is -0.179. The molecule has 0 heterocycles. The van der Waals surface area contributed by atoms with Crippen molar-refractivity contribution in [3.63, 3.8) is 0 Å². The third-order valence-electron chi connectivity index (χ3n) is 9.03. The Morgan fingerprint density at radius 3 is 0.736 bits per heavy atom. The maximum atomic E-state index is 14.8. The zero-order valence-corrected chi connectivity index (χ0v) is 27.9. The van der Waals surface area contributed by atoms with Crippen molar-refractivity contribution in [2.75, 3.05) is 0 Å². The summed E-state index contributed by atoms with van der Waals surface area (Å²) in [6.07, 6.45) is 0. The number of fused-ring (bicyclic) bond motifs is 4. The van der Waals surface area contributed by atoms with E-state index in [1.54, 1.807) is 121 Å². The highest BCUT2D eigenvalue weighted by Gasteiger charge is 2.67. The molecule has 0 spiro atoms. The number of carbonyl (C=O) groups excluding carboxylic acids is 4. The summed E-state index contributed by atoms with van der Waals surface area (Å²) in [5.41, 5.74) is -3.46. The molecule has 0 fully saturated rings. The van der Waals surface area contributed by atoms with Crippen LogP contribution in [0.5, 0.6) is 23.0 Å². The molecule has 0 saturated carbocycles. The van der Waals surface area contributed by atoms with Gasteiger partial charge in [0.1, 0.15) is 23.0 Å². The van der Waals surface area contributed by atoms with Crippen molar-refractivity contribution < 1.29 is 38.1 Å². The Balaban J connectivity index is 1.32. The number of hydrogen-bond donors (Lipinski definition) is 0. The predicted molar refractivity (Wildman–Crippen MR) is 201 cm³/mol. The summed E-state index contributed by atoms with van der Waals surface area (Å²) in [7, 11) is 0. The molecule has 0 aliphatic heterocycles. The molecule has 0 radical (unpaired) electrons. The molecule has 0 amide bonds. The Bertz CT molecular complexity index is 2330. The summed E-state index contributed by atoms with van der Waals surface area (Å²) in [6, 6.07) is 48.0. The van der Waals surface area contributed by atoms with Crippen LogP contribution in [0, 0.1) is 5.41 Å². The molecule has 0 atom stereocenters. The van der Waals surface area contributed by atoms with Crippen molar-refractivity contribution >= 4 is 67.0 Å². The first-order chi connectivity index (χ1) is 25.9. The van der Waals surface area contributed by atoms with Crippen LogP contribution in [0.2, 0.25) is 0 Å². The summed E-state index contributed by atoms with van der Waals surface area (Å²) in [4.78, 5) is 59.4. The predicted octanol–water partition coefficient (Wildman–Crippen LogP) is 9.01. The van der Waals surface area contributed by atoms with Gasteiger partial charge >= 0.3 is 29.3 Å². The standard InChI is InChI=1S/C45H28O8/c46-41(50-37-25-9-17-29-13-1-5-21-33(29)37)45(42(47)51-38-26-10-18-30-14-2-6-22-34(30)38,43(48)52-39-27-11-19-31-15-3-7-23-35(31)39)44(49)53-40-28-12-20-32-16-4-8-24-36(32)40/h1-28H. The highest BCUT2D eigenvalue weighted by molar-refractivity contribution is 6.34. The largest absolute Gasteiger partial charge is 0.424 e. The minimum Gasteiger partial charge on any atom is -0.424 e. The molecule has 8 nitrogen and oxygen atoms in total. The van der Waals surface area contributed by atoms with E-state index in [0.717, 1.165) is 0 Å². The van der Waals surface area contributed by atoms with Crippen molar-refractivity contribution in [1.29, 1.82) is 0 Å². The average molecular weight is 697 g/mol. The van der Waals surface area contributed by atoms with Gasteiger partial charge in [-0.25, -0.2) is 19.2 Å². The van der Waals surface area contributed by atoms with Gasteiger partial charge in [0.15, 0.2) is 0 Å². The molecule has 0 aromatic heterocycles. The molecule has 256 valence electrons. The first-order valence-corrected chi connectivity index (χ1v) is 16.7. The fourth-order valence-corrected chi connectivity index (χ4v) is 6.34. The third-order valence-corrected chi connectivity index (χ3v) is 9.03. The Labute approximate surface area is 302 Å². The first-order valence-electron chi connectivity index (χ1n) is 16.7. The lowest BCUT2D eigenvalue weighted by atomic mass is 9.87. The molecule has 0 N–H and O–H groups in total. The van der Waals surface area contributed by atoms with Gasteiger partial charge in [-0.3, -0.25) is 0 Å². The maximum absolute atomic E-state index is 14.8. The second-order valence-electron chi connectivity index (χ2n) is 12.2. The van der Waals surface area contributed by atoms with Crippen molar-refractivity contribution in [1.82, 2.24) is 0 Å². The van der Waals surface area contributed by atoms with Crippen LogP contribution in [-0.2, 0) is 19.2 Å². The summed E-state index contributed by atoms with van der Waals surface area (Å²) in [6.45, 7) is 0. The highest BCUT2D eigenvalue weighted by atomic mass is 16.6. The molecule has 0 bridgehead atoms. The van der Waals surface area contributed by atoms with Crippen molar-refractivity contribution in [2.45, 2.75) is 0 Å². The summed E-state index contributed by atoms with van der Waals surface area (Å²) in [5, 5.41) is 4.79. The van der Waals surface area contributed by atoms with E-state index in [2.05, 4.69) is 0 Å². The first kappa shape index (κ1) is 32.9. The van der Waals surface area contributed by atoms with E-state index >= 15 is 0 Å². The van der Waals surface area contributed by atoms with Crippen molar-refractivity contribution in [3.05, 3.63) is 170 Å². The van der Waals surface area contributed by atoms with Crippen LogP contribution < -0.4 is 18.9 Å². The second kappa shape index (κ2) is 13.8. The van der Waals surface area contributed by atoms with Gasteiger partial charge in [-0.15, -0.1) is 0 Å². The average Bonchev–Trinajstić information content (AvgIpc) is 3.19. The van der Waals surface area contributed by atoms with Gasteiger partial charge in [-0.05, 0) is 45.8 Å². The molecule has 0 saturated heterocycles. The number of rotatable bonds is 8. The normalized spacial score (nSPS) is 11.3. The van der Waals surface area contributed by atoms with E-state index < -0.39 is 29.3 Å². The van der Waals surface area contributed by atoms with Crippen LogP contribution in [0.15, 0.2) is 170 Å². The summed E-state index contributed by atoms with van der Waals surface area (Å²) in [5.74, 6) is -6.33. The quantitative estimate of drug-likeness (QED) is 0.0881. The Morgan fingerprint density at radius 2 is 0.491 bits per heavy atom. The van der Waals surface area contributed by atoms with Gasteiger partial charge in [0.05, 0.1) is 0 Å². The van der Waals surface area contributed by atoms with Crippen LogP contribution in [0.3, 0.4) is 0 Å². The number of benzene rings is 8. The van der Waals surface area contributed by atoms with E-state index in [4.69, 9.17) is 18.9 Å². The second-order valence-corrected chi connectivity index (χ2v) is 12.2. The fourth-order valence-electron chi connectivity index (χ4n) is 6.34. The molecule has 53 heavy (non-hydrogen) atoms. The van der Waals surface area contributed by atoms with Crippen LogP contribution in [0.25, 0.3) is 43.1 Å². The van der Waals surface area contributed by atoms with Gasteiger partial charge < -0.3 is 18.9 Å². The molecule has 0 unspecified atom stereocenters. The number of ether oxygens (including phenoxy) is 4. The number of esters is 4. The summed E-state index contributed by atoms with van der Waals surface area (Å²) >= 11 is 0. The van der Waals surface area contributed by atoms with Crippen molar-refractivity contribution in [3.8, 4) is 23.0 Å². The van der Waals surface area contributed by atoms with E-state index in [1.165, 1.54) is 24.3 Å². The molecule has 8 rings (SSSR count). The molecular formula is C45H28O8. The lowest BCUT2D eigenvalue weighted by Gasteiger charge is -2.26. The number of carbonyl (C=O) groups is 4. The zero-order chi connectivity index (χ0) is 36.4. The Hall–Kier alpha value is -7.32. The van der Waals surface area contributed by atoms with Gasteiger partial charge in [0, 0.05) is 21.5 Å². The van der Waals surface area contributed by atoms with Crippen molar-refractivity contribution in [2.24, 2.45) is 5.41 Å². The molecule has 8 heteroatoms. The van der Waals surface area contributed by atoms with Gasteiger partial charge in [-0.1, -0.05) is 146 Å². The maximum Gasteiger partial charge on any atom is 0.357 e. The smallest absolute Gasteiger partial charge is 0.357 e. The highest BCUT2D eigenvalue weighted by Crippen LogP contribution is 2.37. The minimum atomic E-state index is -3.46. The molecule has 8 aromatic rings. The monoisotopic (exact) mass is 696 g/mol. The minimum absolute atomic E-state index is 0.00800. The van der Waals surface area contributed by atoms with E-state index in [-0.39, 0.29) is 23.0 Å². The lowest BCUT2D eigenvalue weighted by Crippen LogP contribution is -2.59. The molecule has 0 aliphatic carbocycles. The van der Waals surface area contributed by atoms with Gasteiger partial charge in [0.2, 0.25) is 0 Å². The molecule has 8 aromatic carbocycles. The van der Waals surface area contributed by atoms with Gasteiger partial charge in [0.25, 0.3) is 0 Å². The topological polar surface area (TPSA) is 105 Å².